The second-order valence-electron chi connectivity index (χ2n) is 4.85. The Bertz CT molecular complexity index is 519. The summed E-state index contributed by atoms with van der Waals surface area (Å²) in [5.41, 5.74) is 3.80. The van der Waals surface area contributed by atoms with Crippen LogP contribution in [0.1, 0.15) is 25.8 Å². The number of hydrogen-bond donors (Lipinski definition) is 1. The summed E-state index contributed by atoms with van der Waals surface area (Å²) in [5.74, 6) is 0.944. The lowest BCUT2D eigenvalue weighted by Gasteiger charge is -2.08. The molecule has 2 rings (SSSR count). The van der Waals surface area contributed by atoms with Crippen LogP contribution in [0.2, 0.25) is 0 Å². The Labute approximate surface area is 121 Å². The normalized spacial score (nSPS) is 10.5. The zero-order valence-electron chi connectivity index (χ0n) is 12.4. The number of hydrogen-bond acceptors (Lipinski definition) is 2. The molecule has 0 radical (unpaired) electrons. The van der Waals surface area contributed by atoms with Crippen LogP contribution in [0.4, 0.5) is 0 Å². The maximum absolute atomic E-state index is 5.61. The van der Waals surface area contributed by atoms with Gasteiger partial charge in [0.1, 0.15) is 5.75 Å². The summed E-state index contributed by atoms with van der Waals surface area (Å²) in [7, 11) is 0. The predicted octanol–water partition coefficient (Wildman–Crippen LogP) is 4.25. The van der Waals surface area contributed by atoms with E-state index in [0.29, 0.717) is 0 Å². The summed E-state index contributed by atoms with van der Waals surface area (Å²) in [6, 6.07) is 17.0. The van der Waals surface area contributed by atoms with Crippen LogP contribution in [0.25, 0.3) is 11.1 Å². The molecule has 0 saturated heterocycles. The van der Waals surface area contributed by atoms with Gasteiger partial charge in [0.15, 0.2) is 0 Å². The van der Waals surface area contributed by atoms with E-state index < -0.39 is 0 Å². The van der Waals surface area contributed by atoms with E-state index >= 15 is 0 Å². The van der Waals surface area contributed by atoms with E-state index in [1.54, 1.807) is 0 Å². The summed E-state index contributed by atoms with van der Waals surface area (Å²) in [5, 5.41) is 3.36. The summed E-state index contributed by atoms with van der Waals surface area (Å²) in [6.45, 7) is 6.93. The molecule has 2 aromatic carbocycles. The Kier molecular flexibility index (Phi) is 5.63. The molecule has 2 nitrogen and oxygen atoms in total. The first-order valence-electron chi connectivity index (χ1n) is 7.36. The van der Waals surface area contributed by atoms with Crippen molar-refractivity contribution in [2.75, 3.05) is 13.2 Å². The Balaban J connectivity index is 2.10. The van der Waals surface area contributed by atoms with E-state index in [9.17, 15) is 0 Å². The maximum atomic E-state index is 5.61. The quantitative estimate of drug-likeness (QED) is 0.811. The maximum Gasteiger partial charge on any atom is 0.119 e. The first-order chi connectivity index (χ1) is 9.83. The lowest BCUT2D eigenvalue weighted by Crippen LogP contribution is -2.11. The van der Waals surface area contributed by atoms with Gasteiger partial charge in [0.05, 0.1) is 6.61 Å². The first-order valence-corrected chi connectivity index (χ1v) is 7.36. The minimum atomic E-state index is 0.775. The number of nitrogens with one attached hydrogen (secondary N) is 1. The fraction of sp³-hybridized carbons (Fsp3) is 0.333. The standard InChI is InChI=1S/C18H23NO/c1-3-12-20-18-10-8-16(9-11-18)17-7-5-6-15(13-17)14-19-4-2/h5-11,13,19H,3-4,12,14H2,1-2H3. The Hall–Kier alpha value is -1.80. The Morgan fingerprint density at radius 1 is 0.950 bits per heavy atom. The van der Waals surface area contributed by atoms with E-state index in [1.165, 1.54) is 16.7 Å². The van der Waals surface area contributed by atoms with Crippen molar-refractivity contribution in [2.24, 2.45) is 0 Å². The van der Waals surface area contributed by atoms with E-state index in [-0.39, 0.29) is 0 Å². The SMILES string of the molecule is CCCOc1ccc(-c2cccc(CNCC)c2)cc1. The summed E-state index contributed by atoms with van der Waals surface area (Å²) >= 11 is 0. The number of benzene rings is 2. The van der Waals surface area contributed by atoms with Crippen LogP contribution in [-0.4, -0.2) is 13.2 Å². The molecule has 106 valence electrons. The fourth-order valence-corrected chi connectivity index (χ4v) is 2.09. The van der Waals surface area contributed by atoms with Crippen molar-refractivity contribution in [1.29, 1.82) is 0 Å². The van der Waals surface area contributed by atoms with Crippen molar-refractivity contribution >= 4 is 0 Å². The van der Waals surface area contributed by atoms with Crippen molar-refractivity contribution in [1.82, 2.24) is 5.32 Å². The molecule has 0 aliphatic carbocycles. The Morgan fingerprint density at radius 2 is 1.75 bits per heavy atom. The molecule has 0 heterocycles. The number of rotatable bonds is 7. The molecule has 0 saturated carbocycles. The van der Waals surface area contributed by atoms with Crippen LogP contribution in [0.3, 0.4) is 0 Å². The molecule has 0 unspecified atom stereocenters. The molecule has 0 aliphatic rings. The van der Waals surface area contributed by atoms with E-state index in [1.807, 2.05) is 12.1 Å². The van der Waals surface area contributed by atoms with Gasteiger partial charge in [-0.05, 0) is 47.9 Å². The molecule has 0 fully saturated rings. The van der Waals surface area contributed by atoms with Crippen LogP contribution in [0.15, 0.2) is 48.5 Å². The lowest BCUT2D eigenvalue weighted by atomic mass is 10.0. The van der Waals surface area contributed by atoms with Gasteiger partial charge in [-0.15, -0.1) is 0 Å². The summed E-state index contributed by atoms with van der Waals surface area (Å²) in [4.78, 5) is 0. The largest absolute Gasteiger partial charge is 0.494 e. The third-order valence-corrected chi connectivity index (χ3v) is 3.17. The highest BCUT2D eigenvalue weighted by Gasteiger charge is 2.00. The average molecular weight is 269 g/mol. The third-order valence-electron chi connectivity index (χ3n) is 3.17. The van der Waals surface area contributed by atoms with Crippen molar-refractivity contribution < 1.29 is 4.74 Å². The highest BCUT2D eigenvalue weighted by Crippen LogP contribution is 2.23. The summed E-state index contributed by atoms with van der Waals surface area (Å²) in [6.07, 6.45) is 1.04. The Morgan fingerprint density at radius 3 is 2.45 bits per heavy atom. The molecule has 0 aliphatic heterocycles. The molecule has 0 atom stereocenters. The second kappa shape index (κ2) is 7.71. The van der Waals surface area contributed by atoms with Crippen molar-refractivity contribution in [2.45, 2.75) is 26.8 Å². The van der Waals surface area contributed by atoms with Gasteiger partial charge in [-0.2, -0.15) is 0 Å². The highest BCUT2D eigenvalue weighted by atomic mass is 16.5. The first kappa shape index (κ1) is 14.6. The molecular formula is C18H23NO. The lowest BCUT2D eigenvalue weighted by molar-refractivity contribution is 0.317. The van der Waals surface area contributed by atoms with Gasteiger partial charge in [0.25, 0.3) is 0 Å². The molecule has 20 heavy (non-hydrogen) atoms. The zero-order valence-corrected chi connectivity index (χ0v) is 12.4. The highest BCUT2D eigenvalue weighted by molar-refractivity contribution is 5.64. The molecule has 2 heteroatoms. The van der Waals surface area contributed by atoms with Gasteiger partial charge >= 0.3 is 0 Å². The zero-order chi connectivity index (χ0) is 14.2. The monoisotopic (exact) mass is 269 g/mol. The minimum Gasteiger partial charge on any atom is -0.494 e. The van der Waals surface area contributed by atoms with Crippen LogP contribution in [0.5, 0.6) is 5.75 Å². The van der Waals surface area contributed by atoms with Gasteiger partial charge in [-0.3, -0.25) is 0 Å². The van der Waals surface area contributed by atoms with Gasteiger partial charge in [-0.25, -0.2) is 0 Å². The molecule has 1 N–H and O–H groups in total. The van der Waals surface area contributed by atoms with Crippen LogP contribution >= 0.6 is 0 Å². The molecule has 0 amide bonds. The molecular weight excluding hydrogens is 246 g/mol. The topological polar surface area (TPSA) is 21.3 Å². The predicted molar refractivity (Wildman–Crippen MR) is 85.0 cm³/mol. The molecule has 0 aromatic heterocycles. The van der Waals surface area contributed by atoms with Crippen molar-refractivity contribution in [3.63, 3.8) is 0 Å². The van der Waals surface area contributed by atoms with Gasteiger partial charge < -0.3 is 10.1 Å². The van der Waals surface area contributed by atoms with Crippen molar-refractivity contribution in [3.8, 4) is 16.9 Å². The number of ether oxygens (including phenoxy) is 1. The van der Waals surface area contributed by atoms with E-state index in [4.69, 9.17) is 4.74 Å². The van der Waals surface area contributed by atoms with Gasteiger partial charge in [0, 0.05) is 6.54 Å². The fourth-order valence-electron chi connectivity index (χ4n) is 2.09. The van der Waals surface area contributed by atoms with E-state index in [0.717, 1.165) is 31.9 Å². The van der Waals surface area contributed by atoms with Gasteiger partial charge in [0.2, 0.25) is 0 Å². The molecule has 0 bridgehead atoms. The third kappa shape index (κ3) is 4.10. The summed E-state index contributed by atoms with van der Waals surface area (Å²) < 4.78 is 5.61. The van der Waals surface area contributed by atoms with Crippen LogP contribution < -0.4 is 10.1 Å². The molecule has 2 aromatic rings. The van der Waals surface area contributed by atoms with Crippen LogP contribution in [0, 0.1) is 0 Å². The average Bonchev–Trinajstić information content (AvgIpc) is 2.52. The van der Waals surface area contributed by atoms with Gasteiger partial charge in [-0.1, -0.05) is 44.2 Å². The second-order valence-corrected chi connectivity index (χ2v) is 4.85. The molecule has 0 spiro atoms. The van der Waals surface area contributed by atoms with Crippen LogP contribution in [-0.2, 0) is 6.54 Å². The van der Waals surface area contributed by atoms with Crippen molar-refractivity contribution in [3.05, 3.63) is 54.1 Å². The smallest absolute Gasteiger partial charge is 0.119 e. The van der Waals surface area contributed by atoms with E-state index in [2.05, 4.69) is 55.6 Å². The minimum absolute atomic E-state index is 0.775.